The van der Waals surface area contributed by atoms with Gasteiger partial charge >= 0.3 is 0 Å². The molecule has 0 amide bonds. The third-order valence-electron chi connectivity index (χ3n) is 2.91. The molecule has 0 aliphatic carbocycles. The largest absolute Gasteiger partial charge is 0.305 e. The average Bonchev–Trinajstić information content (AvgIpc) is 2.73. The summed E-state index contributed by atoms with van der Waals surface area (Å²) in [6.07, 6.45) is 1.07. The van der Waals surface area contributed by atoms with Crippen LogP contribution in [0.15, 0.2) is 33.3 Å². The van der Waals surface area contributed by atoms with Gasteiger partial charge in [0.15, 0.2) is 4.60 Å². The molecule has 0 saturated heterocycles. The van der Waals surface area contributed by atoms with Gasteiger partial charge in [-0.3, -0.25) is 0 Å². The second-order valence-corrected chi connectivity index (χ2v) is 5.90. The molecule has 0 spiro atoms. The van der Waals surface area contributed by atoms with Crippen molar-refractivity contribution in [1.82, 2.24) is 20.3 Å². The minimum Gasteiger partial charge on any atom is -0.305 e. The molecule has 6 heteroatoms. The highest BCUT2D eigenvalue weighted by molar-refractivity contribution is 9.10. The number of nitrogens with one attached hydrogen (secondary N) is 1. The van der Waals surface area contributed by atoms with E-state index in [0.29, 0.717) is 0 Å². The van der Waals surface area contributed by atoms with Gasteiger partial charge in [0.05, 0.1) is 11.7 Å². The second kappa shape index (κ2) is 6.63. The summed E-state index contributed by atoms with van der Waals surface area (Å²) in [7, 11) is 1.91. The SMILES string of the molecule is CCCNC(c1ccccc1Br)c1c(Br)nnn1C. The molecule has 2 aromatic rings. The molecule has 0 radical (unpaired) electrons. The third-order valence-corrected chi connectivity index (χ3v) is 4.20. The van der Waals surface area contributed by atoms with E-state index in [1.165, 1.54) is 5.56 Å². The second-order valence-electron chi connectivity index (χ2n) is 4.30. The number of hydrogen-bond donors (Lipinski definition) is 1. The minimum absolute atomic E-state index is 0.0601. The fourth-order valence-electron chi connectivity index (χ4n) is 2.00. The number of aryl methyl sites for hydroxylation is 1. The van der Waals surface area contributed by atoms with Crippen LogP contribution in [0.3, 0.4) is 0 Å². The average molecular weight is 388 g/mol. The maximum absolute atomic E-state index is 4.07. The quantitative estimate of drug-likeness (QED) is 0.854. The van der Waals surface area contributed by atoms with E-state index in [2.05, 4.69) is 60.5 Å². The van der Waals surface area contributed by atoms with Crippen molar-refractivity contribution in [2.75, 3.05) is 6.54 Å². The lowest BCUT2D eigenvalue weighted by atomic mass is 10.0. The summed E-state index contributed by atoms with van der Waals surface area (Å²) in [5.41, 5.74) is 2.21. The van der Waals surface area contributed by atoms with Crippen LogP contribution in [0.25, 0.3) is 0 Å². The van der Waals surface area contributed by atoms with E-state index in [9.17, 15) is 0 Å². The summed E-state index contributed by atoms with van der Waals surface area (Å²) in [6.45, 7) is 3.09. The fourth-order valence-corrected chi connectivity index (χ4v) is 3.07. The number of hydrogen-bond acceptors (Lipinski definition) is 3. The van der Waals surface area contributed by atoms with Crippen LogP contribution in [0.4, 0.5) is 0 Å². The Morgan fingerprint density at radius 1 is 1.32 bits per heavy atom. The number of aromatic nitrogens is 3. The van der Waals surface area contributed by atoms with Gasteiger partial charge in [-0.2, -0.15) is 0 Å². The van der Waals surface area contributed by atoms with Gasteiger partial charge < -0.3 is 5.32 Å². The molecular formula is C13H16Br2N4. The molecule has 0 bridgehead atoms. The van der Waals surface area contributed by atoms with E-state index < -0.39 is 0 Å². The van der Waals surface area contributed by atoms with Crippen LogP contribution in [0, 0.1) is 0 Å². The standard InChI is InChI=1S/C13H16Br2N4/c1-3-8-16-11(9-6-4-5-7-10(9)14)12-13(15)17-18-19(12)2/h4-7,11,16H,3,8H2,1-2H3. The van der Waals surface area contributed by atoms with Crippen molar-refractivity contribution in [2.24, 2.45) is 7.05 Å². The zero-order valence-electron chi connectivity index (χ0n) is 10.9. The monoisotopic (exact) mass is 386 g/mol. The lowest BCUT2D eigenvalue weighted by Crippen LogP contribution is -2.26. The predicted octanol–water partition coefficient (Wildman–Crippen LogP) is 3.43. The Hall–Kier alpha value is -0.720. The summed E-state index contributed by atoms with van der Waals surface area (Å²) >= 11 is 7.10. The normalized spacial score (nSPS) is 12.6. The predicted molar refractivity (Wildman–Crippen MR) is 83.0 cm³/mol. The summed E-state index contributed by atoms with van der Waals surface area (Å²) in [5.74, 6) is 0. The van der Waals surface area contributed by atoms with E-state index >= 15 is 0 Å². The van der Waals surface area contributed by atoms with Gasteiger partial charge in [0.1, 0.15) is 0 Å². The Morgan fingerprint density at radius 3 is 2.63 bits per heavy atom. The number of benzene rings is 1. The number of rotatable bonds is 5. The Balaban J connectivity index is 2.45. The fraction of sp³-hybridized carbons (Fsp3) is 0.385. The molecule has 1 atom stereocenters. The van der Waals surface area contributed by atoms with Gasteiger partial charge in [-0.05, 0) is 40.5 Å². The highest BCUT2D eigenvalue weighted by atomic mass is 79.9. The molecule has 1 N–H and O–H groups in total. The van der Waals surface area contributed by atoms with Crippen molar-refractivity contribution in [3.8, 4) is 0 Å². The topological polar surface area (TPSA) is 42.7 Å². The van der Waals surface area contributed by atoms with E-state index in [4.69, 9.17) is 0 Å². The van der Waals surface area contributed by atoms with Crippen LogP contribution in [0.5, 0.6) is 0 Å². The first-order chi connectivity index (χ1) is 9.15. The third kappa shape index (κ3) is 3.24. The molecule has 0 aliphatic heterocycles. The van der Waals surface area contributed by atoms with E-state index in [0.717, 1.165) is 27.7 Å². The molecule has 0 saturated carbocycles. The van der Waals surface area contributed by atoms with Crippen molar-refractivity contribution in [2.45, 2.75) is 19.4 Å². The van der Waals surface area contributed by atoms with Crippen LogP contribution in [-0.4, -0.2) is 21.5 Å². The molecule has 0 aliphatic rings. The Morgan fingerprint density at radius 2 is 2.05 bits per heavy atom. The lowest BCUT2D eigenvalue weighted by molar-refractivity contribution is 0.548. The zero-order valence-corrected chi connectivity index (χ0v) is 14.1. The highest BCUT2D eigenvalue weighted by Crippen LogP contribution is 2.31. The molecular weight excluding hydrogens is 372 g/mol. The van der Waals surface area contributed by atoms with Gasteiger partial charge in [0.25, 0.3) is 0 Å². The van der Waals surface area contributed by atoms with Crippen LogP contribution in [0.1, 0.15) is 30.6 Å². The molecule has 1 aromatic carbocycles. The first kappa shape index (κ1) is 14.7. The molecule has 19 heavy (non-hydrogen) atoms. The summed E-state index contributed by atoms with van der Waals surface area (Å²) < 4.78 is 3.66. The summed E-state index contributed by atoms with van der Waals surface area (Å²) in [6, 6.07) is 8.27. The van der Waals surface area contributed by atoms with Gasteiger partial charge in [-0.25, -0.2) is 4.68 Å². The first-order valence-electron chi connectivity index (χ1n) is 6.18. The van der Waals surface area contributed by atoms with Crippen LogP contribution < -0.4 is 5.32 Å². The maximum atomic E-state index is 4.07. The van der Waals surface area contributed by atoms with Crippen molar-refractivity contribution >= 4 is 31.9 Å². The molecule has 4 nitrogen and oxygen atoms in total. The lowest BCUT2D eigenvalue weighted by Gasteiger charge is -2.20. The Bertz CT molecular complexity index is 534. The van der Waals surface area contributed by atoms with Gasteiger partial charge in [0, 0.05) is 11.5 Å². The molecule has 0 fully saturated rings. The van der Waals surface area contributed by atoms with Crippen molar-refractivity contribution in [1.29, 1.82) is 0 Å². The Kier molecular flexibility index (Phi) is 5.13. The Labute approximate surface area is 129 Å². The maximum Gasteiger partial charge on any atom is 0.153 e. The van der Waals surface area contributed by atoms with E-state index in [-0.39, 0.29) is 6.04 Å². The molecule has 1 heterocycles. The van der Waals surface area contributed by atoms with Crippen molar-refractivity contribution < 1.29 is 0 Å². The summed E-state index contributed by atoms with van der Waals surface area (Å²) in [5, 5.41) is 11.7. The smallest absolute Gasteiger partial charge is 0.153 e. The van der Waals surface area contributed by atoms with Crippen molar-refractivity contribution in [3.63, 3.8) is 0 Å². The summed E-state index contributed by atoms with van der Waals surface area (Å²) in [4.78, 5) is 0. The van der Waals surface area contributed by atoms with Crippen molar-refractivity contribution in [3.05, 3.63) is 44.6 Å². The van der Waals surface area contributed by atoms with Gasteiger partial charge in [0.2, 0.25) is 0 Å². The number of nitrogens with zero attached hydrogens (tertiary/aromatic N) is 3. The van der Waals surface area contributed by atoms with Crippen LogP contribution in [0.2, 0.25) is 0 Å². The van der Waals surface area contributed by atoms with Gasteiger partial charge in [-0.15, -0.1) is 5.10 Å². The molecule has 1 unspecified atom stereocenters. The van der Waals surface area contributed by atoms with Gasteiger partial charge in [-0.1, -0.05) is 46.3 Å². The van der Waals surface area contributed by atoms with E-state index in [1.54, 1.807) is 4.68 Å². The minimum atomic E-state index is 0.0601. The molecule has 2 rings (SSSR count). The van der Waals surface area contributed by atoms with Crippen LogP contribution in [-0.2, 0) is 7.05 Å². The molecule has 102 valence electrons. The van der Waals surface area contributed by atoms with Crippen LogP contribution >= 0.6 is 31.9 Å². The zero-order chi connectivity index (χ0) is 13.8. The number of halogens is 2. The van der Waals surface area contributed by atoms with E-state index in [1.807, 2.05) is 25.2 Å². The highest BCUT2D eigenvalue weighted by Gasteiger charge is 2.22. The molecule has 1 aromatic heterocycles. The first-order valence-corrected chi connectivity index (χ1v) is 7.76.